The lowest BCUT2D eigenvalue weighted by molar-refractivity contribution is -0.384. The van der Waals surface area contributed by atoms with Crippen LogP contribution in [-0.4, -0.2) is 29.2 Å². The molecule has 1 N–H and O–H groups in total. The normalized spacial score (nSPS) is 20.4. The molecular weight excluding hydrogens is 244 g/mol. The minimum Gasteiger partial charge on any atom is -0.391 e. The van der Waals surface area contributed by atoms with Crippen LogP contribution >= 0.6 is 11.6 Å². The number of hydrogen-bond acceptors (Lipinski definition) is 4. The van der Waals surface area contributed by atoms with Gasteiger partial charge in [-0.3, -0.25) is 10.1 Å². The molecule has 1 fully saturated rings. The van der Waals surface area contributed by atoms with Crippen molar-refractivity contribution in [1.82, 2.24) is 0 Å². The molecule has 0 aromatic heterocycles. The van der Waals surface area contributed by atoms with Gasteiger partial charge in [-0.05, 0) is 18.9 Å². The predicted octanol–water partition coefficient (Wildman–Crippen LogP) is 2.21. The Kier molecular flexibility index (Phi) is 3.49. The molecule has 0 bridgehead atoms. The zero-order valence-corrected chi connectivity index (χ0v) is 9.93. The quantitative estimate of drug-likeness (QED) is 0.651. The number of aliphatic hydroxyl groups excluding tert-OH is 1. The van der Waals surface area contributed by atoms with Crippen LogP contribution in [0.25, 0.3) is 0 Å². The summed E-state index contributed by atoms with van der Waals surface area (Å²) in [7, 11) is 0. The summed E-state index contributed by atoms with van der Waals surface area (Å²) in [5.41, 5.74) is 0.676. The number of nitro benzene ring substituents is 1. The van der Waals surface area contributed by atoms with Crippen molar-refractivity contribution < 1.29 is 10.0 Å². The van der Waals surface area contributed by atoms with Crippen molar-refractivity contribution in [1.29, 1.82) is 0 Å². The highest BCUT2D eigenvalue weighted by molar-refractivity contribution is 6.31. The number of benzene rings is 1. The van der Waals surface area contributed by atoms with E-state index in [2.05, 4.69) is 0 Å². The molecule has 17 heavy (non-hydrogen) atoms. The molecule has 0 radical (unpaired) electrons. The number of nitrogens with zero attached hydrogens (tertiary/aromatic N) is 2. The fourth-order valence-corrected chi connectivity index (χ4v) is 2.26. The average molecular weight is 257 g/mol. The third kappa shape index (κ3) is 2.87. The monoisotopic (exact) mass is 256 g/mol. The van der Waals surface area contributed by atoms with Crippen molar-refractivity contribution in [2.45, 2.75) is 18.9 Å². The minimum absolute atomic E-state index is 0.0208. The fraction of sp³-hybridized carbons (Fsp3) is 0.455. The Morgan fingerprint density at radius 2 is 2.24 bits per heavy atom. The number of rotatable bonds is 2. The summed E-state index contributed by atoms with van der Waals surface area (Å²) in [5.74, 6) is 0. The number of halogens is 1. The average Bonchev–Trinajstić information content (AvgIpc) is 2.28. The maximum atomic E-state index is 10.7. The van der Waals surface area contributed by atoms with Gasteiger partial charge in [0.1, 0.15) is 0 Å². The topological polar surface area (TPSA) is 66.6 Å². The van der Waals surface area contributed by atoms with Crippen LogP contribution in [0, 0.1) is 10.1 Å². The van der Waals surface area contributed by atoms with Gasteiger partial charge in [0.2, 0.25) is 0 Å². The van der Waals surface area contributed by atoms with E-state index in [-0.39, 0.29) is 11.8 Å². The maximum absolute atomic E-state index is 10.7. The zero-order chi connectivity index (χ0) is 12.4. The molecule has 1 aromatic rings. The van der Waals surface area contributed by atoms with Crippen LogP contribution in [0.5, 0.6) is 0 Å². The van der Waals surface area contributed by atoms with Crippen LogP contribution < -0.4 is 4.90 Å². The van der Waals surface area contributed by atoms with E-state index in [0.717, 1.165) is 19.4 Å². The van der Waals surface area contributed by atoms with Crippen LogP contribution in [0.1, 0.15) is 12.8 Å². The van der Waals surface area contributed by atoms with Gasteiger partial charge in [-0.15, -0.1) is 0 Å². The molecular formula is C11H13ClN2O3. The molecule has 5 nitrogen and oxygen atoms in total. The smallest absolute Gasteiger partial charge is 0.272 e. The van der Waals surface area contributed by atoms with Crippen molar-refractivity contribution >= 4 is 23.0 Å². The third-order valence-corrected chi connectivity index (χ3v) is 3.06. The van der Waals surface area contributed by atoms with E-state index in [1.807, 2.05) is 4.90 Å². The molecule has 1 atom stereocenters. The molecule has 0 amide bonds. The fourth-order valence-electron chi connectivity index (χ4n) is 2.04. The highest BCUT2D eigenvalue weighted by Crippen LogP contribution is 2.28. The van der Waals surface area contributed by atoms with Gasteiger partial charge in [0.25, 0.3) is 5.69 Å². The lowest BCUT2D eigenvalue weighted by Crippen LogP contribution is -2.38. The van der Waals surface area contributed by atoms with Crippen LogP contribution in [0.3, 0.4) is 0 Å². The molecule has 2 rings (SSSR count). The Morgan fingerprint density at radius 1 is 1.47 bits per heavy atom. The van der Waals surface area contributed by atoms with Gasteiger partial charge in [-0.1, -0.05) is 11.6 Å². The van der Waals surface area contributed by atoms with Gasteiger partial charge in [-0.2, -0.15) is 0 Å². The second-order valence-corrected chi connectivity index (χ2v) is 4.60. The standard InChI is InChI=1S/C11H13ClN2O3/c12-8-4-9(6-10(5-8)14(16)17)13-3-1-2-11(15)7-13/h4-6,11,15H,1-3,7H2. The number of β-amino-alcohol motifs (C(OH)–C–C–N with tert-alkyl or cyclic N) is 1. The molecule has 0 saturated carbocycles. The zero-order valence-electron chi connectivity index (χ0n) is 9.17. The Labute approximate surface area is 104 Å². The molecule has 1 saturated heterocycles. The summed E-state index contributed by atoms with van der Waals surface area (Å²) >= 11 is 5.86. The van der Waals surface area contributed by atoms with E-state index in [0.29, 0.717) is 17.3 Å². The van der Waals surface area contributed by atoms with Crippen LogP contribution in [0.4, 0.5) is 11.4 Å². The van der Waals surface area contributed by atoms with E-state index in [4.69, 9.17) is 11.6 Å². The first kappa shape index (κ1) is 12.1. The number of aliphatic hydroxyl groups is 1. The van der Waals surface area contributed by atoms with Crippen LogP contribution in [0.15, 0.2) is 18.2 Å². The van der Waals surface area contributed by atoms with Gasteiger partial charge in [-0.25, -0.2) is 0 Å². The molecule has 1 unspecified atom stereocenters. The van der Waals surface area contributed by atoms with Crippen molar-refractivity contribution in [3.63, 3.8) is 0 Å². The first-order chi connectivity index (χ1) is 8.06. The van der Waals surface area contributed by atoms with Gasteiger partial charge < -0.3 is 10.0 Å². The number of piperidine rings is 1. The SMILES string of the molecule is O=[N+]([O-])c1cc(Cl)cc(N2CCCC(O)C2)c1. The third-order valence-electron chi connectivity index (χ3n) is 2.84. The summed E-state index contributed by atoms with van der Waals surface area (Å²) in [6.07, 6.45) is 1.28. The molecule has 1 aliphatic heterocycles. The molecule has 92 valence electrons. The number of non-ortho nitro benzene ring substituents is 1. The Bertz CT molecular complexity index is 439. The van der Waals surface area contributed by atoms with E-state index in [9.17, 15) is 15.2 Å². The van der Waals surface area contributed by atoms with E-state index >= 15 is 0 Å². The molecule has 0 aliphatic carbocycles. The van der Waals surface area contributed by atoms with Gasteiger partial charge in [0.15, 0.2) is 0 Å². The van der Waals surface area contributed by atoms with Gasteiger partial charge in [0.05, 0.1) is 11.0 Å². The first-order valence-electron chi connectivity index (χ1n) is 5.44. The highest BCUT2D eigenvalue weighted by atomic mass is 35.5. The largest absolute Gasteiger partial charge is 0.391 e. The predicted molar refractivity (Wildman–Crippen MR) is 65.6 cm³/mol. The van der Waals surface area contributed by atoms with Gasteiger partial charge in [0, 0.05) is 35.9 Å². The molecule has 6 heteroatoms. The van der Waals surface area contributed by atoms with E-state index in [1.54, 1.807) is 6.07 Å². The Morgan fingerprint density at radius 3 is 2.88 bits per heavy atom. The Balaban J connectivity index is 2.28. The van der Waals surface area contributed by atoms with E-state index in [1.165, 1.54) is 12.1 Å². The van der Waals surface area contributed by atoms with Gasteiger partial charge >= 0.3 is 0 Å². The van der Waals surface area contributed by atoms with Crippen molar-refractivity contribution in [2.75, 3.05) is 18.0 Å². The summed E-state index contributed by atoms with van der Waals surface area (Å²) in [6.45, 7) is 1.28. The van der Waals surface area contributed by atoms with Crippen molar-refractivity contribution in [2.24, 2.45) is 0 Å². The molecule has 1 aromatic carbocycles. The molecule has 1 heterocycles. The number of anilines is 1. The molecule has 0 spiro atoms. The lowest BCUT2D eigenvalue weighted by atomic mass is 10.1. The van der Waals surface area contributed by atoms with E-state index < -0.39 is 4.92 Å². The summed E-state index contributed by atoms with van der Waals surface area (Å²) in [4.78, 5) is 12.2. The van der Waals surface area contributed by atoms with Crippen LogP contribution in [-0.2, 0) is 0 Å². The second-order valence-electron chi connectivity index (χ2n) is 4.17. The van der Waals surface area contributed by atoms with Crippen molar-refractivity contribution in [3.05, 3.63) is 33.3 Å². The summed E-state index contributed by atoms with van der Waals surface area (Å²) in [5, 5.41) is 20.7. The lowest BCUT2D eigenvalue weighted by Gasteiger charge is -2.31. The minimum atomic E-state index is -0.463. The highest BCUT2D eigenvalue weighted by Gasteiger charge is 2.20. The summed E-state index contributed by atoms with van der Waals surface area (Å²) in [6, 6.07) is 4.50. The molecule has 1 aliphatic rings. The van der Waals surface area contributed by atoms with Crippen LogP contribution in [0.2, 0.25) is 5.02 Å². The first-order valence-corrected chi connectivity index (χ1v) is 5.82. The Hall–Kier alpha value is -1.33. The maximum Gasteiger partial charge on any atom is 0.272 e. The number of nitro groups is 1. The second kappa shape index (κ2) is 4.89. The van der Waals surface area contributed by atoms with Crippen molar-refractivity contribution in [3.8, 4) is 0 Å². The summed E-state index contributed by atoms with van der Waals surface area (Å²) < 4.78 is 0. The number of hydrogen-bond donors (Lipinski definition) is 1.